The molecule has 0 amide bonds. The number of aromatic nitrogens is 4. The van der Waals surface area contributed by atoms with Crippen LogP contribution in [0.25, 0.3) is 4.96 Å². The molecule has 0 bridgehead atoms. The van der Waals surface area contributed by atoms with Crippen molar-refractivity contribution in [2.75, 3.05) is 14.2 Å². The van der Waals surface area contributed by atoms with Gasteiger partial charge in [0, 0.05) is 14.2 Å². The molecular formula is C6H9N4O2PS4. The highest BCUT2D eigenvalue weighted by Gasteiger charge is 2.18. The van der Waals surface area contributed by atoms with Crippen LogP contribution in [0.4, 0.5) is 0 Å². The molecular weight excluding hydrogens is 319 g/mol. The van der Waals surface area contributed by atoms with E-state index in [1.807, 2.05) is 0 Å². The molecule has 94 valence electrons. The molecule has 0 spiro atoms. The smallest absolute Gasteiger partial charge is 0.247 e. The number of hydrogen-bond donors (Lipinski definition) is 1. The van der Waals surface area contributed by atoms with Crippen molar-refractivity contribution in [3.8, 4) is 0 Å². The monoisotopic (exact) mass is 328 g/mol. The lowest BCUT2D eigenvalue weighted by atomic mass is 10.7. The Morgan fingerprint density at radius 3 is 2.82 bits per heavy atom. The SMILES string of the molecule is COP(=S)(OC)SCc1nnc2sc(=S)[nH]n12. The van der Waals surface area contributed by atoms with Crippen LogP contribution in [-0.2, 0) is 26.6 Å². The predicted molar refractivity (Wildman–Crippen MR) is 75.6 cm³/mol. The Balaban J connectivity index is 2.19. The maximum atomic E-state index is 5.25. The molecule has 2 aromatic heterocycles. The van der Waals surface area contributed by atoms with E-state index in [1.165, 1.54) is 22.7 Å². The van der Waals surface area contributed by atoms with Crippen molar-refractivity contribution in [3.63, 3.8) is 0 Å². The number of rotatable bonds is 5. The van der Waals surface area contributed by atoms with Gasteiger partial charge in [-0.1, -0.05) is 22.7 Å². The molecule has 0 aromatic carbocycles. The zero-order chi connectivity index (χ0) is 12.5. The van der Waals surface area contributed by atoms with Crippen molar-refractivity contribution in [2.24, 2.45) is 0 Å². The van der Waals surface area contributed by atoms with Crippen LogP contribution >= 0.6 is 40.6 Å². The minimum absolute atomic E-state index is 0.558. The van der Waals surface area contributed by atoms with Gasteiger partial charge in [-0.25, -0.2) is 4.52 Å². The highest BCUT2D eigenvalue weighted by Crippen LogP contribution is 2.60. The summed E-state index contributed by atoms with van der Waals surface area (Å²) in [5.74, 6) is 1.31. The summed E-state index contributed by atoms with van der Waals surface area (Å²) in [5.41, 5.74) is -2.26. The Hall–Kier alpha value is 0.170. The maximum Gasteiger partial charge on any atom is 0.247 e. The minimum Gasteiger partial charge on any atom is -0.325 e. The number of nitrogens with zero attached hydrogens (tertiary/aromatic N) is 3. The molecule has 2 rings (SSSR count). The Bertz CT molecular complexity index is 611. The van der Waals surface area contributed by atoms with Gasteiger partial charge in [-0.3, -0.25) is 5.10 Å². The third-order valence-corrected chi connectivity index (χ3v) is 8.62. The summed E-state index contributed by atoms with van der Waals surface area (Å²) in [6.07, 6.45) is 0. The molecule has 0 aliphatic heterocycles. The molecule has 6 nitrogen and oxygen atoms in total. The van der Waals surface area contributed by atoms with Gasteiger partial charge in [0.25, 0.3) is 0 Å². The van der Waals surface area contributed by atoms with E-state index in [0.717, 1.165) is 10.8 Å². The lowest BCUT2D eigenvalue weighted by molar-refractivity contribution is 0.354. The molecule has 2 aromatic rings. The quantitative estimate of drug-likeness (QED) is 0.668. The number of hydrogen-bond acceptors (Lipinski definition) is 8. The number of nitrogens with one attached hydrogen (secondary N) is 1. The van der Waals surface area contributed by atoms with Gasteiger partial charge in [0.05, 0.1) is 5.75 Å². The summed E-state index contributed by atoms with van der Waals surface area (Å²) in [6, 6.07) is 0. The summed E-state index contributed by atoms with van der Waals surface area (Å²) >= 11 is 13.1. The molecule has 0 aliphatic rings. The molecule has 0 fully saturated rings. The van der Waals surface area contributed by atoms with Gasteiger partial charge in [-0.05, 0) is 24.0 Å². The van der Waals surface area contributed by atoms with Crippen molar-refractivity contribution in [1.82, 2.24) is 19.8 Å². The molecule has 0 saturated heterocycles. The van der Waals surface area contributed by atoms with Crippen LogP contribution in [0.3, 0.4) is 0 Å². The van der Waals surface area contributed by atoms with Crippen LogP contribution in [0.5, 0.6) is 0 Å². The van der Waals surface area contributed by atoms with Gasteiger partial charge in [0.15, 0.2) is 9.78 Å². The third kappa shape index (κ3) is 2.95. The van der Waals surface area contributed by atoms with E-state index in [0.29, 0.717) is 9.71 Å². The van der Waals surface area contributed by atoms with Crippen LogP contribution in [-0.4, -0.2) is 34.0 Å². The molecule has 0 unspecified atom stereocenters. The van der Waals surface area contributed by atoms with E-state index >= 15 is 0 Å². The zero-order valence-electron chi connectivity index (χ0n) is 8.95. The highest BCUT2D eigenvalue weighted by molar-refractivity contribution is 8.67. The Morgan fingerprint density at radius 2 is 2.18 bits per heavy atom. The Morgan fingerprint density at radius 1 is 1.47 bits per heavy atom. The van der Waals surface area contributed by atoms with Gasteiger partial charge in [0.2, 0.25) is 10.7 Å². The van der Waals surface area contributed by atoms with Crippen molar-refractivity contribution < 1.29 is 9.05 Å². The molecule has 0 aliphatic carbocycles. The molecule has 0 atom stereocenters. The fraction of sp³-hybridized carbons (Fsp3) is 0.500. The first-order valence-electron chi connectivity index (χ1n) is 4.37. The van der Waals surface area contributed by atoms with E-state index in [4.69, 9.17) is 33.1 Å². The van der Waals surface area contributed by atoms with Crippen molar-refractivity contribution in [1.29, 1.82) is 0 Å². The molecule has 1 N–H and O–H groups in total. The van der Waals surface area contributed by atoms with Crippen LogP contribution in [0.2, 0.25) is 0 Å². The predicted octanol–water partition coefficient (Wildman–Crippen LogP) is 2.60. The molecule has 0 saturated carbocycles. The molecule has 11 heteroatoms. The van der Waals surface area contributed by atoms with E-state index in [-0.39, 0.29) is 0 Å². The van der Waals surface area contributed by atoms with Crippen LogP contribution < -0.4 is 0 Å². The zero-order valence-corrected chi connectivity index (χ0v) is 13.1. The fourth-order valence-corrected chi connectivity index (χ4v) is 4.78. The van der Waals surface area contributed by atoms with Crippen LogP contribution in [0.15, 0.2) is 0 Å². The number of H-pyrrole nitrogens is 1. The van der Waals surface area contributed by atoms with Gasteiger partial charge in [-0.15, -0.1) is 10.2 Å². The molecule has 0 radical (unpaired) electrons. The highest BCUT2D eigenvalue weighted by atomic mass is 32.9. The van der Waals surface area contributed by atoms with Gasteiger partial charge in [-0.2, -0.15) is 0 Å². The second-order valence-corrected chi connectivity index (χ2v) is 11.0. The summed E-state index contributed by atoms with van der Waals surface area (Å²) in [7, 11) is 3.10. The topological polar surface area (TPSA) is 64.4 Å². The normalized spacial score (nSPS) is 12.4. The molecule has 17 heavy (non-hydrogen) atoms. The van der Waals surface area contributed by atoms with E-state index in [1.54, 1.807) is 18.7 Å². The standard InChI is InChI=1S/C6H9N4O2PS4/c1-11-13(15,12-2)16-3-4-7-8-5-10(4)9-6(14)17-5/h3H2,1-2H3,(H,9,14). The van der Waals surface area contributed by atoms with Gasteiger partial charge in [0.1, 0.15) is 0 Å². The largest absolute Gasteiger partial charge is 0.325 e. The Kier molecular flexibility index (Phi) is 4.35. The van der Waals surface area contributed by atoms with Crippen molar-refractivity contribution in [3.05, 3.63) is 9.78 Å². The van der Waals surface area contributed by atoms with E-state index < -0.39 is 5.69 Å². The van der Waals surface area contributed by atoms with Gasteiger partial charge < -0.3 is 9.05 Å². The van der Waals surface area contributed by atoms with E-state index in [2.05, 4.69) is 15.3 Å². The fourth-order valence-electron chi connectivity index (χ4n) is 1.09. The van der Waals surface area contributed by atoms with Crippen molar-refractivity contribution in [2.45, 2.75) is 5.75 Å². The first-order chi connectivity index (χ1) is 8.08. The summed E-state index contributed by atoms with van der Waals surface area (Å²) in [4.78, 5) is 0.744. The summed E-state index contributed by atoms with van der Waals surface area (Å²) in [5, 5.41) is 11.0. The van der Waals surface area contributed by atoms with Crippen LogP contribution in [0, 0.1) is 3.95 Å². The molecule has 2 heterocycles. The second kappa shape index (κ2) is 5.43. The second-order valence-electron chi connectivity index (χ2n) is 2.82. The number of aromatic amines is 1. The maximum absolute atomic E-state index is 5.25. The van der Waals surface area contributed by atoms with Gasteiger partial charge >= 0.3 is 0 Å². The summed E-state index contributed by atoms with van der Waals surface area (Å²) in [6.45, 7) is 0. The lowest BCUT2D eigenvalue weighted by Crippen LogP contribution is -1.94. The van der Waals surface area contributed by atoms with E-state index in [9.17, 15) is 0 Å². The minimum atomic E-state index is -2.26. The number of fused-ring (bicyclic) bond motifs is 1. The first-order valence-corrected chi connectivity index (χ1v) is 9.82. The van der Waals surface area contributed by atoms with Crippen molar-refractivity contribution >= 4 is 57.4 Å². The average molecular weight is 328 g/mol. The average Bonchev–Trinajstić information content (AvgIpc) is 2.85. The van der Waals surface area contributed by atoms with Crippen LogP contribution in [0.1, 0.15) is 5.82 Å². The first kappa shape index (κ1) is 13.6. The Labute approximate surface area is 116 Å². The third-order valence-electron chi connectivity index (χ3n) is 1.89. The summed E-state index contributed by atoms with van der Waals surface area (Å²) < 4.78 is 12.8. The lowest BCUT2D eigenvalue weighted by Gasteiger charge is -2.15.